The molecule has 0 saturated carbocycles. The number of anilines is 1. The molecule has 0 aliphatic heterocycles. The van der Waals surface area contributed by atoms with Crippen LogP contribution in [0.5, 0.6) is 0 Å². The molecule has 2 rings (SSSR count). The first-order valence-corrected chi connectivity index (χ1v) is 10.5. The highest BCUT2D eigenvalue weighted by molar-refractivity contribution is 7.88. The Labute approximate surface area is 164 Å². The number of aliphatic carboxylic acids is 1. The molecule has 0 radical (unpaired) electrons. The van der Waals surface area contributed by atoms with Crippen LogP contribution in [0.1, 0.15) is 12.5 Å². The standard InChI is InChI=1S/C19H23N3O5S/c1-3-20-19(25)21-16-9-5-8-15(12-16)14-7-4-6-13(10-14)11-17(18(23)24)22-28(2,26)27/h4-10,12,17,22H,3,11H2,1-2H3,(H,23,24)(H2,20,21,25). The van der Waals surface area contributed by atoms with E-state index in [0.29, 0.717) is 17.8 Å². The molecule has 0 spiro atoms. The van der Waals surface area contributed by atoms with E-state index in [1.54, 1.807) is 36.4 Å². The van der Waals surface area contributed by atoms with E-state index in [1.807, 2.05) is 19.1 Å². The average molecular weight is 405 g/mol. The lowest BCUT2D eigenvalue weighted by molar-refractivity contribution is -0.138. The van der Waals surface area contributed by atoms with E-state index >= 15 is 0 Å². The number of benzene rings is 2. The Morgan fingerprint density at radius 3 is 2.32 bits per heavy atom. The van der Waals surface area contributed by atoms with Crippen molar-refractivity contribution in [2.75, 3.05) is 18.1 Å². The molecule has 2 aromatic rings. The minimum absolute atomic E-state index is 0.00703. The highest BCUT2D eigenvalue weighted by Crippen LogP contribution is 2.24. The fourth-order valence-corrected chi connectivity index (χ4v) is 3.36. The van der Waals surface area contributed by atoms with Gasteiger partial charge in [-0.15, -0.1) is 0 Å². The predicted molar refractivity (Wildman–Crippen MR) is 108 cm³/mol. The van der Waals surface area contributed by atoms with Gasteiger partial charge in [0.05, 0.1) is 6.26 Å². The molecule has 1 atom stereocenters. The minimum atomic E-state index is -3.65. The minimum Gasteiger partial charge on any atom is -0.480 e. The molecule has 0 saturated heterocycles. The predicted octanol–water partition coefficient (Wildman–Crippen LogP) is 2.04. The number of carboxylic acids is 1. The van der Waals surface area contributed by atoms with Crippen LogP contribution >= 0.6 is 0 Å². The summed E-state index contributed by atoms with van der Waals surface area (Å²) in [5, 5.41) is 14.7. The van der Waals surface area contributed by atoms with E-state index < -0.39 is 22.0 Å². The molecule has 2 amide bonds. The van der Waals surface area contributed by atoms with Crippen molar-refractivity contribution in [3.63, 3.8) is 0 Å². The molecule has 0 bridgehead atoms. The van der Waals surface area contributed by atoms with Crippen molar-refractivity contribution in [2.24, 2.45) is 0 Å². The zero-order chi connectivity index (χ0) is 20.7. The summed E-state index contributed by atoms with van der Waals surface area (Å²) in [6.45, 7) is 2.34. The number of hydrogen-bond acceptors (Lipinski definition) is 4. The third-order valence-corrected chi connectivity index (χ3v) is 4.53. The molecular weight excluding hydrogens is 382 g/mol. The van der Waals surface area contributed by atoms with E-state index in [0.717, 1.165) is 17.4 Å². The fraction of sp³-hybridized carbons (Fsp3) is 0.263. The molecule has 0 fully saturated rings. The summed E-state index contributed by atoms with van der Waals surface area (Å²) < 4.78 is 24.9. The Morgan fingerprint density at radius 1 is 1.07 bits per heavy atom. The summed E-state index contributed by atoms with van der Waals surface area (Å²) in [5.74, 6) is -1.25. The third-order valence-electron chi connectivity index (χ3n) is 3.81. The normalized spacial score (nSPS) is 12.2. The summed E-state index contributed by atoms with van der Waals surface area (Å²) >= 11 is 0. The number of carboxylic acid groups (broad SMARTS) is 1. The fourth-order valence-electron chi connectivity index (χ4n) is 2.66. The Kier molecular flexibility index (Phi) is 7.13. The number of rotatable bonds is 8. The highest BCUT2D eigenvalue weighted by atomic mass is 32.2. The van der Waals surface area contributed by atoms with Gasteiger partial charge in [-0.1, -0.05) is 36.4 Å². The van der Waals surface area contributed by atoms with Gasteiger partial charge in [0.1, 0.15) is 6.04 Å². The van der Waals surface area contributed by atoms with Crippen LogP contribution in [-0.4, -0.2) is 44.4 Å². The highest BCUT2D eigenvalue weighted by Gasteiger charge is 2.21. The molecule has 2 aromatic carbocycles. The molecule has 1 unspecified atom stereocenters. The third kappa shape index (κ3) is 6.67. The lowest BCUT2D eigenvalue weighted by atomic mass is 9.99. The second-order valence-corrected chi connectivity index (χ2v) is 8.03. The first-order chi connectivity index (χ1) is 13.2. The van der Waals surface area contributed by atoms with Gasteiger partial charge in [0.25, 0.3) is 0 Å². The molecule has 0 aliphatic carbocycles. The van der Waals surface area contributed by atoms with Gasteiger partial charge >= 0.3 is 12.0 Å². The lowest BCUT2D eigenvalue weighted by Gasteiger charge is -2.14. The molecule has 0 aliphatic rings. The number of urea groups is 1. The topological polar surface area (TPSA) is 125 Å². The second kappa shape index (κ2) is 9.34. The summed E-state index contributed by atoms with van der Waals surface area (Å²) in [6.07, 6.45) is 0.930. The van der Waals surface area contributed by atoms with Gasteiger partial charge in [-0.3, -0.25) is 4.79 Å². The number of carbonyl (C=O) groups is 2. The Balaban J connectivity index is 2.23. The van der Waals surface area contributed by atoms with E-state index in [4.69, 9.17) is 0 Å². The number of hydrogen-bond donors (Lipinski definition) is 4. The maximum atomic E-state index is 11.7. The Hall–Kier alpha value is -2.91. The maximum absolute atomic E-state index is 11.7. The monoisotopic (exact) mass is 405 g/mol. The zero-order valence-electron chi connectivity index (χ0n) is 15.6. The van der Waals surface area contributed by atoms with Crippen LogP contribution in [0.25, 0.3) is 11.1 Å². The number of carbonyl (C=O) groups excluding carboxylic acids is 1. The average Bonchev–Trinajstić information content (AvgIpc) is 2.60. The van der Waals surface area contributed by atoms with Gasteiger partial charge in [-0.05, 0) is 42.2 Å². The summed E-state index contributed by atoms with van der Waals surface area (Å²) in [7, 11) is -3.65. The summed E-state index contributed by atoms with van der Waals surface area (Å²) in [4.78, 5) is 23.0. The maximum Gasteiger partial charge on any atom is 0.322 e. The van der Waals surface area contributed by atoms with Crippen LogP contribution in [-0.2, 0) is 21.2 Å². The molecule has 9 heteroatoms. The van der Waals surface area contributed by atoms with Crippen LogP contribution in [0.4, 0.5) is 10.5 Å². The van der Waals surface area contributed by atoms with E-state index in [9.17, 15) is 23.1 Å². The van der Waals surface area contributed by atoms with Crippen LogP contribution < -0.4 is 15.4 Å². The largest absolute Gasteiger partial charge is 0.480 e. The van der Waals surface area contributed by atoms with Crippen molar-refractivity contribution in [1.82, 2.24) is 10.0 Å². The van der Waals surface area contributed by atoms with Crippen LogP contribution in [0.15, 0.2) is 48.5 Å². The van der Waals surface area contributed by atoms with Gasteiger partial charge in [0, 0.05) is 12.2 Å². The molecule has 150 valence electrons. The first-order valence-electron chi connectivity index (χ1n) is 8.62. The number of sulfonamides is 1. The SMILES string of the molecule is CCNC(=O)Nc1cccc(-c2cccc(CC(NS(C)(=O)=O)C(=O)O)c2)c1. The summed E-state index contributed by atoms with van der Waals surface area (Å²) in [5.41, 5.74) is 2.94. The molecular formula is C19H23N3O5S. The van der Waals surface area contributed by atoms with Crippen molar-refractivity contribution >= 4 is 27.7 Å². The number of nitrogens with one attached hydrogen (secondary N) is 3. The van der Waals surface area contributed by atoms with Crippen molar-refractivity contribution in [3.05, 3.63) is 54.1 Å². The van der Waals surface area contributed by atoms with Gasteiger partial charge < -0.3 is 15.7 Å². The lowest BCUT2D eigenvalue weighted by Crippen LogP contribution is -2.41. The molecule has 0 aromatic heterocycles. The molecule has 28 heavy (non-hydrogen) atoms. The summed E-state index contributed by atoms with van der Waals surface area (Å²) in [6, 6.07) is 12.8. The smallest absolute Gasteiger partial charge is 0.322 e. The van der Waals surface area contributed by atoms with Crippen molar-refractivity contribution in [1.29, 1.82) is 0 Å². The van der Waals surface area contributed by atoms with Gasteiger partial charge in [0.2, 0.25) is 10.0 Å². The van der Waals surface area contributed by atoms with Crippen molar-refractivity contribution in [2.45, 2.75) is 19.4 Å². The van der Waals surface area contributed by atoms with E-state index in [2.05, 4.69) is 15.4 Å². The van der Waals surface area contributed by atoms with Gasteiger partial charge in [-0.2, -0.15) is 0 Å². The molecule has 4 N–H and O–H groups in total. The van der Waals surface area contributed by atoms with Crippen molar-refractivity contribution in [3.8, 4) is 11.1 Å². The van der Waals surface area contributed by atoms with Crippen LogP contribution in [0.3, 0.4) is 0 Å². The van der Waals surface area contributed by atoms with Crippen molar-refractivity contribution < 1.29 is 23.1 Å². The van der Waals surface area contributed by atoms with Crippen LogP contribution in [0.2, 0.25) is 0 Å². The molecule has 0 heterocycles. The number of amides is 2. The van der Waals surface area contributed by atoms with E-state index in [1.165, 1.54) is 0 Å². The molecule has 8 nitrogen and oxygen atoms in total. The Bertz CT molecular complexity index is 960. The van der Waals surface area contributed by atoms with Gasteiger partial charge in [-0.25, -0.2) is 17.9 Å². The van der Waals surface area contributed by atoms with Gasteiger partial charge in [0.15, 0.2) is 0 Å². The Morgan fingerprint density at radius 2 is 1.71 bits per heavy atom. The quantitative estimate of drug-likeness (QED) is 0.535. The zero-order valence-corrected chi connectivity index (χ0v) is 16.4. The van der Waals surface area contributed by atoms with Crippen LogP contribution in [0, 0.1) is 0 Å². The first kappa shape index (κ1) is 21.4. The second-order valence-electron chi connectivity index (χ2n) is 6.25. The van der Waals surface area contributed by atoms with E-state index in [-0.39, 0.29) is 12.5 Å².